The minimum absolute atomic E-state index is 0.0501. The monoisotopic (exact) mass is 402 g/mol. The molecule has 1 aromatic heterocycles. The molecule has 0 aliphatic heterocycles. The molecule has 28 heavy (non-hydrogen) atoms. The summed E-state index contributed by atoms with van der Waals surface area (Å²) >= 11 is 1.49. The lowest BCUT2D eigenvalue weighted by atomic mass is 9.75. The second kappa shape index (κ2) is 8.31. The standard InChI is InChI=1S/C21H23FN2O3S/c1-21(2)10-17-14(18(25)11-21)9-15(20(27)24-17)19(26)23-7-8-28-12-13-5-3-4-6-16(13)22/h3-6,9H,7-8,10-12H2,1-2H3,(H,23,26)(H,24,27). The largest absolute Gasteiger partial charge is 0.351 e. The van der Waals surface area contributed by atoms with Crippen molar-refractivity contribution in [3.63, 3.8) is 0 Å². The van der Waals surface area contributed by atoms with Crippen molar-refractivity contribution in [2.24, 2.45) is 5.41 Å². The molecule has 5 nitrogen and oxygen atoms in total. The van der Waals surface area contributed by atoms with Crippen LogP contribution in [0.5, 0.6) is 0 Å². The number of Topliss-reactive ketones (excluding diaryl/α,β-unsaturated/α-hetero) is 1. The molecule has 7 heteroatoms. The van der Waals surface area contributed by atoms with E-state index in [0.29, 0.717) is 47.7 Å². The molecule has 0 saturated heterocycles. The normalized spacial score (nSPS) is 15.2. The predicted molar refractivity (Wildman–Crippen MR) is 108 cm³/mol. The summed E-state index contributed by atoms with van der Waals surface area (Å²) in [7, 11) is 0. The van der Waals surface area contributed by atoms with Gasteiger partial charge in [-0.3, -0.25) is 14.4 Å². The summed E-state index contributed by atoms with van der Waals surface area (Å²) < 4.78 is 13.6. The van der Waals surface area contributed by atoms with E-state index >= 15 is 0 Å². The lowest BCUT2D eigenvalue weighted by Gasteiger charge is -2.29. The minimum Gasteiger partial charge on any atom is -0.351 e. The minimum atomic E-state index is -0.506. The van der Waals surface area contributed by atoms with Gasteiger partial charge in [-0.1, -0.05) is 32.0 Å². The quantitative estimate of drug-likeness (QED) is 0.727. The molecule has 1 aromatic carbocycles. The fourth-order valence-electron chi connectivity index (χ4n) is 3.33. The van der Waals surface area contributed by atoms with E-state index in [4.69, 9.17) is 0 Å². The fourth-order valence-corrected chi connectivity index (χ4v) is 4.17. The number of hydrogen-bond acceptors (Lipinski definition) is 4. The number of rotatable bonds is 6. The molecule has 1 amide bonds. The zero-order valence-corrected chi connectivity index (χ0v) is 16.7. The number of halogens is 1. The van der Waals surface area contributed by atoms with Crippen LogP contribution in [0.3, 0.4) is 0 Å². The molecule has 1 heterocycles. The number of pyridine rings is 1. The third-order valence-electron chi connectivity index (χ3n) is 4.71. The molecule has 0 spiro atoms. The van der Waals surface area contributed by atoms with Gasteiger partial charge in [0.25, 0.3) is 11.5 Å². The highest BCUT2D eigenvalue weighted by molar-refractivity contribution is 7.98. The summed E-state index contributed by atoms with van der Waals surface area (Å²) in [6.07, 6.45) is 0.984. The summed E-state index contributed by atoms with van der Waals surface area (Å²) in [6, 6.07) is 7.99. The number of hydrogen-bond donors (Lipinski definition) is 2. The number of H-pyrrole nitrogens is 1. The third kappa shape index (κ3) is 4.70. The van der Waals surface area contributed by atoms with Crippen molar-refractivity contribution in [3.05, 3.63) is 68.9 Å². The number of benzene rings is 1. The predicted octanol–water partition coefficient (Wildman–Crippen LogP) is 3.33. The average molecular weight is 402 g/mol. The van der Waals surface area contributed by atoms with Crippen LogP contribution in [0.15, 0.2) is 35.1 Å². The smallest absolute Gasteiger partial charge is 0.261 e. The van der Waals surface area contributed by atoms with Gasteiger partial charge in [-0.25, -0.2) is 4.39 Å². The first kappa shape index (κ1) is 20.3. The van der Waals surface area contributed by atoms with Crippen molar-refractivity contribution in [2.45, 2.75) is 32.4 Å². The zero-order valence-electron chi connectivity index (χ0n) is 15.9. The molecule has 0 bridgehead atoms. The second-order valence-electron chi connectivity index (χ2n) is 7.75. The zero-order chi connectivity index (χ0) is 20.3. The summed E-state index contributed by atoms with van der Waals surface area (Å²) in [4.78, 5) is 39.7. The maximum Gasteiger partial charge on any atom is 0.261 e. The Hall–Kier alpha value is -2.41. The Morgan fingerprint density at radius 1 is 1.25 bits per heavy atom. The highest BCUT2D eigenvalue weighted by Gasteiger charge is 2.32. The van der Waals surface area contributed by atoms with Crippen LogP contribution in [-0.4, -0.2) is 29.0 Å². The van der Waals surface area contributed by atoms with Crippen molar-refractivity contribution in [1.82, 2.24) is 10.3 Å². The molecular weight excluding hydrogens is 379 g/mol. The van der Waals surface area contributed by atoms with Crippen LogP contribution < -0.4 is 10.9 Å². The van der Waals surface area contributed by atoms with Crippen molar-refractivity contribution in [3.8, 4) is 0 Å². The van der Waals surface area contributed by atoms with E-state index in [9.17, 15) is 18.8 Å². The van der Waals surface area contributed by atoms with E-state index in [2.05, 4.69) is 10.3 Å². The Bertz CT molecular complexity index is 968. The molecule has 1 aliphatic carbocycles. The number of ketones is 1. The van der Waals surface area contributed by atoms with Gasteiger partial charge in [0.2, 0.25) is 0 Å². The Morgan fingerprint density at radius 3 is 2.75 bits per heavy atom. The number of carbonyl (C=O) groups is 2. The van der Waals surface area contributed by atoms with E-state index in [1.165, 1.54) is 23.9 Å². The number of thioether (sulfide) groups is 1. The number of aromatic amines is 1. The van der Waals surface area contributed by atoms with E-state index in [0.717, 1.165) is 0 Å². The highest BCUT2D eigenvalue weighted by atomic mass is 32.2. The molecule has 0 saturated carbocycles. The van der Waals surface area contributed by atoms with Gasteiger partial charge in [0.05, 0.1) is 0 Å². The molecular formula is C21H23FN2O3S. The average Bonchev–Trinajstić information content (AvgIpc) is 2.61. The summed E-state index contributed by atoms with van der Waals surface area (Å²) in [5, 5.41) is 2.69. The van der Waals surface area contributed by atoms with E-state index in [1.807, 2.05) is 13.8 Å². The third-order valence-corrected chi connectivity index (χ3v) is 5.72. The van der Waals surface area contributed by atoms with Gasteiger partial charge < -0.3 is 10.3 Å². The van der Waals surface area contributed by atoms with Crippen LogP contribution in [0.1, 0.15) is 52.2 Å². The van der Waals surface area contributed by atoms with Crippen LogP contribution >= 0.6 is 11.8 Å². The molecule has 1 aliphatic rings. The first-order valence-corrected chi connectivity index (χ1v) is 10.3. The molecule has 2 aromatic rings. The fraction of sp³-hybridized carbons (Fsp3) is 0.381. The first-order valence-electron chi connectivity index (χ1n) is 9.15. The molecule has 0 unspecified atom stereocenters. The van der Waals surface area contributed by atoms with Crippen LogP contribution in [0.2, 0.25) is 0 Å². The number of amides is 1. The second-order valence-corrected chi connectivity index (χ2v) is 8.85. The van der Waals surface area contributed by atoms with Crippen molar-refractivity contribution >= 4 is 23.5 Å². The van der Waals surface area contributed by atoms with E-state index in [-0.39, 0.29) is 22.6 Å². The van der Waals surface area contributed by atoms with Crippen LogP contribution in [0, 0.1) is 11.2 Å². The van der Waals surface area contributed by atoms with Gasteiger partial charge in [0, 0.05) is 35.7 Å². The van der Waals surface area contributed by atoms with Gasteiger partial charge in [0.15, 0.2) is 5.78 Å². The highest BCUT2D eigenvalue weighted by Crippen LogP contribution is 2.33. The maximum atomic E-state index is 13.6. The van der Waals surface area contributed by atoms with Crippen LogP contribution in [0.25, 0.3) is 0 Å². The van der Waals surface area contributed by atoms with Gasteiger partial charge in [0.1, 0.15) is 11.4 Å². The Balaban J connectivity index is 1.58. The summed E-state index contributed by atoms with van der Waals surface area (Å²) in [5.74, 6) is 0.278. The molecule has 0 fully saturated rings. The Labute approximate surface area is 167 Å². The number of nitrogens with one attached hydrogen (secondary N) is 2. The first-order chi connectivity index (χ1) is 13.3. The summed E-state index contributed by atoms with van der Waals surface area (Å²) in [5.41, 5.74) is 0.908. The molecule has 2 N–H and O–H groups in total. The van der Waals surface area contributed by atoms with Gasteiger partial charge in [-0.15, -0.1) is 0 Å². The molecule has 3 rings (SSSR count). The van der Waals surface area contributed by atoms with Crippen molar-refractivity contribution in [1.29, 1.82) is 0 Å². The van der Waals surface area contributed by atoms with Crippen LogP contribution in [-0.2, 0) is 12.2 Å². The van der Waals surface area contributed by atoms with E-state index < -0.39 is 11.5 Å². The lowest BCUT2D eigenvalue weighted by Crippen LogP contribution is -2.35. The van der Waals surface area contributed by atoms with Crippen molar-refractivity contribution < 1.29 is 14.0 Å². The maximum absolute atomic E-state index is 13.6. The van der Waals surface area contributed by atoms with Gasteiger partial charge in [-0.05, 0) is 29.5 Å². The Morgan fingerprint density at radius 2 is 2.00 bits per heavy atom. The molecule has 0 radical (unpaired) electrons. The summed E-state index contributed by atoms with van der Waals surface area (Å²) in [6.45, 7) is 4.30. The van der Waals surface area contributed by atoms with Crippen molar-refractivity contribution in [2.75, 3.05) is 12.3 Å². The van der Waals surface area contributed by atoms with Crippen LogP contribution in [0.4, 0.5) is 4.39 Å². The Kier molecular flexibility index (Phi) is 6.03. The number of fused-ring (bicyclic) bond motifs is 1. The van der Waals surface area contributed by atoms with Gasteiger partial charge in [-0.2, -0.15) is 11.8 Å². The number of carbonyl (C=O) groups excluding carboxylic acids is 2. The number of aromatic nitrogens is 1. The molecule has 0 atom stereocenters. The SMILES string of the molecule is CC1(C)CC(=O)c2cc(C(=O)NCCSCc3ccccc3F)c(=O)[nH]c2C1. The lowest BCUT2D eigenvalue weighted by molar-refractivity contribution is 0.0910. The molecule has 148 valence electrons. The topological polar surface area (TPSA) is 79.0 Å². The van der Waals surface area contributed by atoms with Gasteiger partial charge >= 0.3 is 0 Å². The van der Waals surface area contributed by atoms with E-state index in [1.54, 1.807) is 18.2 Å².